The molecule has 32 heavy (non-hydrogen) atoms. The van der Waals surface area contributed by atoms with Crippen molar-refractivity contribution in [3.05, 3.63) is 59.4 Å². The summed E-state index contributed by atoms with van der Waals surface area (Å²) in [6.07, 6.45) is 14.2. The Labute approximate surface area is 190 Å². The van der Waals surface area contributed by atoms with Crippen molar-refractivity contribution in [3.63, 3.8) is 0 Å². The topological polar surface area (TPSA) is 78.9 Å². The molecule has 2 aromatic heterocycles. The first-order valence-corrected chi connectivity index (χ1v) is 11.9. The van der Waals surface area contributed by atoms with E-state index in [4.69, 9.17) is 15.1 Å². The number of pyridine rings is 1. The van der Waals surface area contributed by atoms with Crippen LogP contribution in [-0.4, -0.2) is 26.0 Å². The van der Waals surface area contributed by atoms with Gasteiger partial charge in [0.1, 0.15) is 5.82 Å². The van der Waals surface area contributed by atoms with Crippen LogP contribution in [-0.2, 0) is 11.2 Å². The van der Waals surface area contributed by atoms with E-state index in [1.165, 1.54) is 11.1 Å². The van der Waals surface area contributed by atoms with Crippen molar-refractivity contribution in [1.82, 2.24) is 15.0 Å². The van der Waals surface area contributed by atoms with Crippen LogP contribution in [0.15, 0.2) is 48.2 Å². The Bertz CT molecular complexity index is 1080. The molecule has 0 aliphatic heterocycles. The van der Waals surface area contributed by atoms with E-state index < -0.39 is 5.97 Å². The molecule has 2 N–H and O–H groups in total. The summed E-state index contributed by atoms with van der Waals surface area (Å²) in [6.45, 7) is 2.08. The fourth-order valence-electron chi connectivity index (χ4n) is 4.69. The van der Waals surface area contributed by atoms with Gasteiger partial charge in [0, 0.05) is 30.3 Å². The minimum atomic E-state index is -0.657. The summed E-state index contributed by atoms with van der Waals surface area (Å²) in [4.78, 5) is 23.9. The van der Waals surface area contributed by atoms with Gasteiger partial charge in [-0.15, -0.1) is 0 Å². The molecule has 2 heterocycles. The number of H-pyrrole nitrogens is 1. The second-order valence-electron chi connectivity index (χ2n) is 9.18. The van der Waals surface area contributed by atoms with E-state index in [2.05, 4.69) is 42.2 Å². The van der Waals surface area contributed by atoms with Gasteiger partial charge in [-0.05, 0) is 81.2 Å². The minimum absolute atomic E-state index is 0.321. The molecule has 0 radical (unpaired) electrons. The lowest BCUT2D eigenvalue weighted by Gasteiger charge is -2.14. The van der Waals surface area contributed by atoms with Gasteiger partial charge in [0.15, 0.2) is 0 Å². The highest BCUT2D eigenvalue weighted by Gasteiger charge is 2.14. The number of fused-ring (bicyclic) bond motifs is 1. The van der Waals surface area contributed by atoms with Crippen LogP contribution >= 0.6 is 0 Å². The summed E-state index contributed by atoms with van der Waals surface area (Å²) in [5.41, 5.74) is 6.79. The van der Waals surface area contributed by atoms with Gasteiger partial charge in [0.2, 0.25) is 0 Å². The molecule has 5 heteroatoms. The quantitative estimate of drug-likeness (QED) is 0.445. The molecule has 1 aliphatic carbocycles. The van der Waals surface area contributed by atoms with Gasteiger partial charge in [-0.1, -0.05) is 30.6 Å². The average Bonchev–Trinajstić information content (AvgIpc) is 3.17. The van der Waals surface area contributed by atoms with Crippen molar-refractivity contribution in [2.24, 2.45) is 5.92 Å². The van der Waals surface area contributed by atoms with E-state index in [-0.39, 0.29) is 0 Å². The molecule has 4 rings (SSSR count). The number of carboxylic acid groups (broad SMARTS) is 1. The second kappa shape index (κ2) is 10.6. The normalized spacial score (nSPS) is 18.2. The fraction of sp³-hybridized carbons (Fsp3) is 0.444. The van der Waals surface area contributed by atoms with Crippen molar-refractivity contribution in [2.75, 3.05) is 0 Å². The predicted octanol–water partition coefficient (Wildman–Crippen LogP) is 6.63. The number of carboxylic acids is 1. The molecule has 1 atom stereocenters. The molecule has 0 amide bonds. The number of hydrogen-bond donors (Lipinski definition) is 2. The zero-order valence-electron chi connectivity index (χ0n) is 18.9. The second-order valence-corrected chi connectivity index (χ2v) is 9.18. The largest absolute Gasteiger partial charge is 0.481 e. The average molecular weight is 432 g/mol. The molecule has 0 fully saturated rings. The number of aryl methyl sites for hydroxylation is 1. The van der Waals surface area contributed by atoms with E-state index in [9.17, 15) is 4.79 Å². The van der Waals surface area contributed by atoms with E-state index in [0.29, 0.717) is 12.3 Å². The smallest absolute Gasteiger partial charge is 0.303 e. The van der Waals surface area contributed by atoms with Crippen LogP contribution in [0.3, 0.4) is 0 Å². The third-order valence-corrected chi connectivity index (χ3v) is 6.47. The highest BCUT2D eigenvalue weighted by atomic mass is 16.4. The van der Waals surface area contributed by atoms with Crippen LogP contribution in [0.5, 0.6) is 0 Å². The maximum Gasteiger partial charge on any atom is 0.303 e. The predicted molar refractivity (Wildman–Crippen MR) is 129 cm³/mol. The molecule has 0 saturated carbocycles. The number of aromatic nitrogens is 3. The first-order valence-electron chi connectivity index (χ1n) is 11.9. The number of aromatic amines is 1. The number of benzene rings is 1. The molecule has 0 spiro atoms. The number of aliphatic carboxylic acids is 1. The summed E-state index contributed by atoms with van der Waals surface area (Å²) in [7, 11) is 0. The monoisotopic (exact) mass is 431 g/mol. The maximum atomic E-state index is 11.1. The fourth-order valence-corrected chi connectivity index (χ4v) is 4.69. The van der Waals surface area contributed by atoms with Gasteiger partial charge < -0.3 is 10.1 Å². The molecule has 1 unspecified atom stereocenters. The lowest BCUT2D eigenvalue weighted by molar-refractivity contribution is -0.138. The van der Waals surface area contributed by atoms with E-state index in [0.717, 1.165) is 85.9 Å². The van der Waals surface area contributed by atoms with Crippen molar-refractivity contribution >= 4 is 17.0 Å². The Morgan fingerprint density at radius 3 is 2.75 bits per heavy atom. The van der Waals surface area contributed by atoms with Crippen LogP contribution in [0, 0.1) is 12.8 Å². The van der Waals surface area contributed by atoms with Crippen LogP contribution in [0.4, 0.5) is 0 Å². The molecule has 1 aliphatic rings. The van der Waals surface area contributed by atoms with Crippen LogP contribution in [0.1, 0.15) is 69.0 Å². The third-order valence-electron chi connectivity index (χ3n) is 6.47. The molecular formula is C27H33N3O2. The number of nitrogens with one attached hydrogen (secondary N) is 1. The van der Waals surface area contributed by atoms with Gasteiger partial charge in [0.25, 0.3) is 0 Å². The van der Waals surface area contributed by atoms with E-state index in [1.54, 1.807) is 0 Å². The summed E-state index contributed by atoms with van der Waals surface area (Å²) >= 11 is 0. The Morgan fingerprint density at radius 2 is 1.97 bits per heavy atom. The lowest BCUT2D eigenvalue weighted by Crippen LogP contribution is -2.08. The molecule has 3 aromatic rings. The lowest BCUT2D eigenvalue weighted by atomic mass is 9.92. The SMILES string of the molecule is Cc1ccc2nc(-c3ccc(CC4=CCCCCC(CC(=O)O)CCCC4)nc3)[nH]c2c1. The van der Waals surface area contributed by atoms with Crippen LogP contribution in [0.25, 0.3) is 22.4 Å². The standard InChI is InChI=1S/C27H33N3O2/c1-19-11-14-24-25(15-19)30-27(29-24)22-12-13-23(28-18-22)16-20-7-3-2-4-8-21(17-26(31)32)10-6-5-9-20/h7,11-15,18,21H,2-6,8-10,16-17H2,1H3,(H,29,30)(H,31,32). The number of nitrogens with zero attached hydrogens (tertiary/aromatic N) is 2. The summed E-state index contributed by atoms with van der Waals surface area (Å²) in [5.74, 6) is 0.538. The first-order chi connectivity index (χ1) is 15.6. The highest BCUT2D eigenvalue weighted by Crippen LogP contribution is 2.25. The van der Waals surface area contributed by atoms with Crippen molar-refractivity contribution in [3.8, 4) is 11.4 Å². The van der Waals surface area contributed by atoms with E-state index >= 15 is 0 Å². The molecule has 5 nitrogen and oxygen atoms in total. The number of allylic oxidation sites excluding steroid dienone is 2. The van der Waals surface area contributed by atoms with Crippen molar-refractivity contribution in [2.45, 2.75) is 71.1 Å². The van der Waals surface area contributed by atoms with Gasteiger partial charge in [-0.2, -0.15) is 0 Å². The Kier molecular flexibility index (Phi) is 7.35. The van der Waals surface area contributed by atoms with Gasteiger partial charge in [-0.3, -0.25) is 9.78 Å². The molecule has 0 saturated heterocycles. The first kappa shape index (κ1) is 22.3. The summed E-state index contributed by atoms with van der Waals surface area (Å²) in [6, 6.07) is 10.5. The van der Waals surface area contributed by atoms with Crippen molar-refractivity contribution in [1.29, 1.82) is 0 Å². The van der Waals surface area contributed by atoms with Gasteiger partial charge in [0.05, 0.1) is 11.0 Å². The zero-order chi connectivity index (χ0) is 22.3. The van der Waals surface area contributed by atoms with Gasteiger partial charge >= 0.3 is 5.97 Å². The Balaban J connectivity index is 1.38. The zero-order valence-corrected chi connectivity index (χ0v) is 18.9. The molecular weight excluding hydrogens is 398 g/mol. The van der Waals surface area contributed by atoms with E-state index in [1.807, 2.05) is 12.3 Å². The molecule has 1 aromatic carbocycles. The summed E-state index contributed by atoms with van der Waals surface area (Å²) in [5, 5.41) is 9.13. The van der Waals surface area contributed by atoms with Gasteiger partial charge in [-0.25, -0.2) is 4.98 Å². The van der Waals surface area contributed by atoms with Crippen LogP contribution < -0.4 is 0 Å². The maximum absolute atomic E-state index is 11.1. The Morgan fingerprint density at radius 1 is 1.12 bits per heavy atom. The number of rotatable bonds is 5. The van der Waals surface area contributed by atoms with Crippen LogP contribution in [0.2, 0.25) is 0 Å². The minimum Gasteiger partial charge on any atom is -0.481 e. The highest BCUT2D eigenvalue weighted by molar-refractivity contribution is 5.79. The molecule has 0 bridgehead atoms. The summed E-state index contributed by atoms with van der Waals surface area (Å²) < 4.78 is 0. The third kappa shape index (κ3) is 6.06. The molecule has 168 valence electrons. The number of carbonyl (C=O) groups is 1. The Hall–Kier alpha value is -2.95. The van der Waals surface area contributed by atoms with Crippen molar-refractivity contribution < 1.29 is 9.90 Å². The number of hydrogen-bond acceptors (Lipinski definition) is 3. The number of imidazole rings is 1.